The number of oxazole rings is 1. The third kappa shape index (κ3) is 2.15. The van der Waals surface area contributed by atoms with Gasteiger partial charge in [-0.05, 0) is 24.5 Å². The van der Waals surface area contributed by atoms with Gasteiger partial charge in [-0.1, -0.05) is 25.4 Å². The summed E-state index contributed by atoms with van der Waals surface area (Å²) in [5.74, 6) is 1.34. The van der Waals surface area contributed by atoms with E-state index in [0.717, 1.165) is 34.0 Å². The molecule has 0 atom stereocenters. The number of aromatic nitrogens is 1. The molecule has 2 nitrogen and oxygen atoms in total. The molecular formula is C12H14ClNO. The van der Waals surface area contributed by atoms with Crippen LogP contribution in [0.5, 0.6) is 0 Å². The van der Waals surface area contributed by atoms with Crippen LogP contribution in [-0.4, -0.2) is 4.98 Å². The number of rotatable bonds is 2. The first-order valence-corrected chi connectivity index (χ1v) is 5.49. The Hall–Kier alpha value is -1.02. The highest BCUT2D eigenvalue weighted by molar-refractivity contribution is 6.31. The fourth-order valence-corrected chi connectivity index (χ4v) is 1.69. The lowest BCUT2D eigenvalue weighted by molar-refractivity contribution is 0.482. The van der Waals surface area contributed by atoms with Crippen molar-refractivity contribution >= 4 is 22.7 Å². The van der Waals surface area contributed by atoms with Crippen LogP contribution in [-0.2, 0) is 6.42 Å². The van der Waals surface area contributed by atoms with Crippen LogP contribution < -0.4 is 0 Å². The highest BCUT2D eigenvalue weighted by Crippen LogP contribution is 2.24. The molecule has 2 aromatic rings. The van der Waals surface area contributed by atoms with E-state index in [1.54, 1.807) is 0 Å². The number of nitrogens with zero attached hydrogens (tertiary/aromatic N) is 1. The number of aryl methyl sites for hydroxylation is 1. The van der Waals surface area contributed by atoms with Gasteiger partial charge in [-0.2, -0.15) is 0 Å². The fraction of sp³-hybridized carbons (Fsp3) is 0.417. The fourth-order valence-electron chi connectivity index (χ4n) is 1.54. The largest absolute Gasteiger partial charge is 0.441 e. The molecule has 1 aromatic heterocycles. The maximum atomic E-state index is 6.01. The molecule has 0 amide bonds. The number of hydrogen-bond donors (Lipinski definition) is 0. The maximum Gasteiger partial charge on any atom is 0.195 e. The summed E-state index contributed by atoms with van der Waals surface area (Å²) in [6, 6.07) is 3.80. The molecule has 0 spiro atoms. The smallest absolute Gasteiger partial charge is 0.195 e. The van der Waals surface area contributed by atoms with E-state index in [2.05, 4.69) is 18.8 Å². The molecule has 1 heterocycles. The number of halogens is 1. The summed E-state index contributed by atoms with van der Waals surface area (Å²) >= 11 is 6.01. The Morgan fingerprint density at radius 2 is 2.13 bits per heavy atom. The van der Waals surface area contributed by atoms with Crippen molar-refractivity contribution in [1.29, 1.82) is 0 Å². The quantitative estimate of drug-likeness (QED) is 0.770. The molecular weight excluding hydrogens is 210 g/mol. The van der Waals surface area contributed by atoms with Gasteiger partial charge in [-0.15, -0.1) is 0 Å². The lowest BCUT2D eigenvalue weighted by Crippen LogP contribution is -1.93. The molecule has 3 heteroatoms. The molecule has 0 fully saturated rings. The Bertz CT molecular complexity index is 449. The number of fused-ring (bicyclic) bond motifs is 1. The van der Waals surface area contributed by atoms with Crippen LogP contribution in [0.2, 0.25) is 5.02 Å². The zero-order valence-electron chi connectivity index (χ0n) is 9.17. The van der Waals surface area contributed by atoms with Crippen molar-refractivity contribution in [1.82, 2.24) is 4.98 Å². The highest BCUT2D eigenvalue weighted by Gasteiger charge is 2.09. The molecule has 0 aliphatic carbocycles. The molecule has 2 rings (SSSR count). The Balaban J connectivity index is 2.47. The van der Waals surface area contributed by atoms with Gasteiger partial charge in [0.05, 0.1) is 0 Å². The second-order valence-corrected chi connectivity index (χ2v) is 4.68. The molecule has 0 unspecified atom stereocenters. The molecule has 0 N–H and O–H groups in total. The molecule has 80 valence electrons. The first-order chi connectivity index (χ1) is 7.06. The molecule has 0 aliphatic rings. The molecule has 15 heavy (non-hydrogen) atoms. The van der Waals surface area contributed by atoms with Crippen LogP contribution in [0.3, 0.4) is 0 Å². The van der Waals surface area contributed by atoms with Crippen molar-refractivity contribution in [3.63, 3.8) is 0 Å². The van der Waals surface area contributed by atoms with E-state index in [1.807, 2.05) is 19.1 Å². The average Bonchev–Trinajstić information content (AvgIpc) is 2.46. The molecule has 0 aliphatic heterocycles. The number of benzene rings is 1. The van der Waals surface area contributed by atoms with Crippen molar-refractivity contribution in [3.8, 4) is 0 Å². The minimum atomic E-state index is 0.551. The van der Waals surface area contributed by atoms with Crippen molar-refractivity contribution in [2.24, 2.45) is 5.92 Å². The van der Waals surface area contributed by atoms with Crippen LogP contribution in [0.25, 0.3) is 11.1 Å². The first kappa shape index (κ1) is 10.5. The summed E-state index contributed by atoms with van der Waals surface area (Å²) in [5.41, 5.74) is 2.71. The monoisotopic (exact) mass is 223 g/mol. The van der Waals surface area contributed by atoms with E-state index in [0.29, 0.717) is 5.92 Å². The minimum absolute atomic E-state index is 0.551. The van der Waals surface area contributed by atoms with Gasteiger partial charge in [0.25, 0.3) is 0 Å². The molecule has 0 bridgehead atoms. The van der Waals surface area contributed by atoms with Gasteiger partial charge >= 0.3 is 0 Å². The first-order valence-electron chi connectivity index (χ1n) is 5.12. The van der Waals surface area contributed by atoms with Crippen molar-refractivity contribution in [2.75, 3.05) is 0 Å². The summed E-state index contributed by atoms with van der Waals surface area (Å²) in [5, 5.41) is 0.731. The van der Waals surface area contributed by atoms with E-state index in [9.17, 15) is 0 Å². The van der Waals surface area contributed by atoms with Crippen LogP contribution in [0.1, 0.15) is 25.3 Å². The molecule has 1 aromatic carbocycles. The van der Waals surface area contributed by atoms with E-state index < -0.39 is 0 Å². The zero-order chi connectivity index (χ0) is 11.0. The third-order valence-electron chi connectivity index (χ3n) is 2.30. The summed E-state index contributed by atoms with van der Waals surface area (Å²) in [6.07, 6.45) is 0.866. The Labute approximate surface area is 94.3 Å². The van der Waals surface area contributed by atoms with Gasteiger partial charge in [0.1, 0.15) is 5.52 Å². The van der Waals surface area contributed by atoms with Crippen LogP contribution in [0, 0.1) is 12.8 Å². The topological polar surface area (TPSA) is 26.0 Å². The number of hydrogen-bond acceptors (Lipinski definition) is 2. The SMILES string of the molecule is Cc1cc2nc(CC(C)C)oc2cc1Cl. The Kier molecular flexibility index (Phi) is 2.70. The lowest BCUT2D eigenvalue weighted by atomic mass is 10.1. The van der Waals surface area contributed by atoms with Gasteiger partial charge in [-0.3, -0.25) is 0 Å². The van der Waals surface area contributed by atoms with Crippen molar-refractivity contribution in [2.45, 2.75) is 27.2 Å². The predicted octanol–water partition coefficient (Wildman–Crippen LogP) is 3.99. The standard InChI is InChI=1S/C12H14ClNO/c1-7(2)4-12-14-10-5-8(3)9(13)6-11(10)15-12/h5-7H,4H2,1-3H3. The van der Waals surface area contributed by atoms with Crippen molar-refractivity contribution in [3.05, 3.63) is 28.6 Å². The molecule has 0 saturated heterocycles. The normalized spacial score (nSPS) is 11.5. The summed E-state index contributed by atoms with van der Waals surface area (Å²) in [7, 11) is 0. The minimum Gasteiger partial charge on any atom is -0.441 e. The average molecular weight is 224 g/mol. The van der Waals surface area contributed by atoms with E-state index in [1.165, 1.54) is 0 Å². The predicted molar refractivity (Wildman–Crippen MR) is 62.3 cm³/mol. The third-order valence-corrected chi connectivity index (χ3v) is 2.70. The van der Waals surface area contributed by atoms with Crippen molar-refractivity contribution < 1.29 is 4.42 Å². The summed E-state index contributed by atoms with van der Waals surface area (Å²) < 4.78 is 5.62. The van der Waals surface area contributed by atoms with Gasteiger partial charge in [0.15, 0.2) is 11.5 Å². The second-order valence-electron chi connectivity index (χ2n) is 4.27. The van der Waals surface area contributed by atoms with Crippen LogP contribution in [0.15, 0.2) is 16.5 Å². The maximum absolute atomic E-state index is 6.01. The second kappa shape index (κ2) is 3.86. The zero-order valence-corrected chi connectivity index (χ0v) is 9.93. The van der Waals surface area contributed by atoms with Gasteiger partial charge in [-0.25, -0.2) is 4.98 Å². The van der Waals surface area contributed by atoms with E-state index >= 15 is 0 Å². The van der Waals surface area contributed by atoms with Gasteiger partial charge < -0.3 is 4.42 Å². The lowest BCUT2D eigenvalue weighted by Gasteiger charge is -1.96. The summed E-state index contributed by atoms with van der Waals surface area (Å²) in [6.45, 7) is 6.26. The van der Waals surface area contributed by atoms with E-state index in [-0.39, 0.29) is 0 Å². The van der Waals surface area contributed by atoms with E-state index in [4.69, 9.17) is 16.0 Å². The molecule has 0 saturated carbocycles. The van der Waals surface area contributed by atoms with Gasteiger partial charge in [0, 0.05) is 17.5 Å². The Morgan fingerprint density at radius 3 is 2.80 bits per heavy atom. The van der Waals surface area contributed by atoms with Crippen LogP contribution in [0.4, 0.5) is 0 Å². The van der Waals surface area contributed by atoms with Gasteiger partial charge in [0.2, 0.25) is 0 Å². The molecule has 0 radical (unpaired) electrons. The Morgan fingerprint density at radius 1 is 1.40 bits per heavy atom. The summed E-state index contributed by atoms with van der Waals surface area (Å²) in [4.78, 5) is 4.43. The highest BCUT2D eigenvalue weighted by atomic mass is 35.5. The van der Waals surface area contributed by atoms with Crippen LogP contribution >= 0.6 is 11.6 Å².